The van der Waals surface area contributed by atoms with E-state index >= 15 is 0 Å². The topological polar surface area (TPSA) is 21.3 Å². The molecular weight excluding hydrogens is 234 g/mol. The molecule has 2 nitrogen and oxygen atoms in total. The fourth-order valence-electron chi connectivity index (χ4n) is 3.17. The Morgan fingerprint density at radius 2 is 2.05 bits per heavy atom. The number of hydrogen-bond donors (Lipinski definition) is 1. The van der Waals surface area contributed by atoms with Crippen molar-refractivity contribution >= 4 is 0 Å². The van der Waals surface area contributed by atoms with E-state index in [1.165, 1.54) is 25.7 Å². The summed E-state index contributed by atoms with van der Waals surface area (Å²) >= 11 is 0. The monoisotopic (exact) mass is 261 g/mol. The van der Waals surface area contributed by atoms with Crippen molar-refractivity contribution in [1.82, 2.24) is 5.32 Å². The van der Waals surface area contributed by atoms with Crippen LogP contribution in [0.25, 0.3) is 0 Å². The normalized spacial score (nSPS) is 24.9. The van der Waals surface area contributed by atoms with Gasteiger partial charge in [0.1, 0.15) is 12.4 Å². The minimum Gasteiger partial charge on any atom is -0.492 e. The maximum absolute atomic E-state index is 5.95. The van der Waals surface area contributed by atoms with Gasteiger partial charge in [-0.3, -0.25) is 0 Å². The number of para-hydroxylation sites is 1. The molecule has 3 unspecified atom stereocenters. The zero-order chi connectivity index (χ0) is 13.5. The molecule has 1 aromatic carbocycles. The van der Waals surface area contributed by atoms with Gasteiger partial charge < -0.3 is 10.1 Å². The minimum absolute atomic E-state index is 0.493. The first kappa shape index (κ1) is 14.4. The second-order valence-electron chi connectivity index (χ2n) is 5.82. The number of rotatable bonds is 6. The Morgan fingerprint density at radius 3 is 2.74 bits per heavy atom. The van der Waals surface area contributed by atoms with Crippen LogP contribution in [0.5, 0.6) is 5.75 Å². The highest BCUT2D eigenvalue weighted by Gasteiger charge is 2.26. The van der Waals surface area contributed by atoms with Crippen LogP contribution in [0.15, 0.2) is 30.3 Å². The van der Waals surface area contributed by atoms with Crippen molar-refractivity contribution in [3.63, 3.8) is 0 Å². The van der Waals surface area contributed by atoms with Crippen LogP contribution in [-0.2, 0) is 0 Å². The molecule has 3 atom stereocenters. The third-order valence-corrected chi connectivity index (χ3v) is 4.19. The fourth-order valence-corrected chi connectivity index (χ4v) is 3.17. The molecule has 106 valence electrons. The van der Waals surface area contributed by atoms with Crippen molar-refractivity contribution < 1.29 is 4.74 Å². The number of hydrogen-bond acceptors (Lipinski definition) is 2. The van der Waals surface area contributed by atoms with Crippen molar-refractivity contribution in [2.24, 2.45) is 11.8 Å². The molecule has 1 N–H and O–H groups in total. The number of nitrogens with one attached hydrogen (secondary N) is 1. The lowest BCUT2D eigenvalue weighted by molar-refractivity contribution is 0.166. The third-order valence-electron chi connectivity index (χ3n) is 4.19. The highest BCUT2D eigenvalue weighted by molar-refractivity contribution is 5.20. The summed E-state index contributed by atoms with van der Waals surface area (Å²) in [6.45, 7) is 6.37. The van der Waals surface area contributed by atoms with E-state index in [2.05, 4.69) is 19.2 Å². The summed E-state index contributed by atoms with van der Waals surface area (Å²) in [6, 6.07) is 10.6. The van der Waals surface area contributed by atoms with Gasteiger partial charge in [0.05, 0.1) is 0 Å². The molecular formula is C17H27NO. The Kier molecular flexibility index (Phi) is 5.71. The van der Waals surface area contributed by atoms with Gasteiger partial charge in [0.2, 0.25) is 0 Å². The van der Waals surface area contributed by atoms with Crippen molar-refractivity contribution in [1.29, 1.82) is 0 Å². The molecule has 0 heterocycles. The third kappa shape index (κ3) is 4.54. The summed E-state index contributed by atoms with van der Waals surface area (Å²) in [5.41, 5.74) is 0. The van der Waals surface area contributed by atoms with Crippen LogP contribution in [0.3, 0.4) is 0 Å². The van der Waals surface area contributed by atoms with Gasteiger partial charge in [0.25, 0.3) is 0 Å². The molecule has 0 aliphatic heterocycles. The predicted octanol–water partition coefficient (Wildman–Crippen LogP) is 3.87. The highest BCUT2D eigenvalue weighted by Crippen LogP contribution is 2.31. The molecule has 1 aromatic rings. The maximum Gasteiger partial charge on any atom is 0.119 e. The Balaban J connectivity index is 1.88. The highest BCUT2D eigenvalue weighted by atomic mass is 16.5. The van der Waals surface area contributed by atoms with Crippen LogP contribution >= 0.6 is 0 Å². The van der Waals surface area contributed by atoms with Crippen LogP contribution in [0.1, 0.15) is 39.5 Å². The first-order chi connectivity index (χ1) is 9.29. The summed E-state index contributed by atoms with van der Waals surface area (Å²) in [6.07, 6.45) is 5.46. The zero-order valence-corrected chi connectivity index (χ0v) is 12.3. The van der Waals surface area contributed by atoms with Crippen molar-refractivity contribution in [2.75, 3.05) is 13.2 Å². The van der Waals surface area contributed by atoms with Gasteiger partial charge >= 0.3 is 0 Å². The van der Waals surface area contributed by atoms with Crippen LogP contribution in [-0.4, -0.2) is 19.2 Å². The average molecular weight is 261 g/mol. The van der Waals surface area contributed by atoms with E-state index in [0.29, 0.717) is 6.04 Å². The molecule has 1 aliphatic carbocycles. The Bertz CT molecular complexity index is 352. The van der Waals surface area contributed by atoms with Gasteiger partial charge in [-0.25, -0.2) is 0 Å². The Morgan fingerprint density at radius 1 is 1.26 bits per heavy atom. The van der Waals surface area contributed by atoms with Crippen LogP contribution in [0.4, 0.5) is 0 Å². The number of ether oxygens (including phenoxy) is 1. The Hall–Kier alpha value is -1.02. The molecule has 0 saturated heterocycles. The minimum atomic E-state index is 0.493. The molecule has 2 rings (SSSR count). The van der Waals surface area contributed by atoms with Crippen LogP contribution in [0, 0.1) is 11.8 Å². The van der Waals surface area contributed by atoms with Crippen LogP contribution in [0.2, 0.25) is 0 Å². The molecule has 1 fully saturated rings. The number of benzene rings is 1. The summed E-state index contributed by atoms with van der Waals surface area (Å²) in [4.78, 5) is 0. The smallest absolute Gasteiger partial charge is 0.119 e. The standard InChI is InChI=1S/C17H27NO/c1-3-18-17(15-9-7-8-14(2)12-15)13-19-16-10-5-4-6-11-16/h4-6,10-11,14-15,17-18H,3,7-9,12-13H2,1-2H3. The summed E-state index contributed by atoms with van der Waals surface area (Å²) in [5, 5.41) is 3.62. The van der Waals surface area contributed by atoms with Gasteiger partial charge in [-0.15, -0.1) is 0 Å². The second kappa shape index (κ2) is 7.54. The molecule has 0 amide bonds. The SMILES string of the molecule is CCNC(COc1ccccc1)C1CCCC(C)C1. The maximum atomic E-state index is 5.95. The lowest BCUT2D eigenvalue weighted by atomic mass is 9.79. The largest absolute Gasteiger partial charge is 0.492 e. The van der Waals surface area contributed by atoms with E-state index in [1.807, 2.05) is 30.3 Å². The molecule has 0 radical (unpaired) electrons. The van der Waals surface area contributed by atoms with E-state index in [-0.39, 0.29) is 0 Å². The van der Waals surface area contributed by atoms with Gasteiger partial charge in [0, 0.05) is 6.04 Å². The second-order valence-corrected chi connectivity index (χ2v) is 5.82. The molecule has 1 aliphatic rings. The molecule has 19 heavy (non-hydrogen) atoms. The van der Waals surface area contributed by atoms with Crippen LogP contribution < -0.4 is 10.1 Å². The quantitative estimate of drug-likeness (QED) is 0.839. The first-order valence-electron chi connectivity index (χ1n) is 7.70. The van der Waals surface area contributed by atoms with Crippen molar-refractivity contribution in [3.05, 3.63) is 30.3 Å². The van der Waals surface area contributed by atoms with E-state index in [4.69, 9.17) is 4.74 Å². The predicted molar refractivity (Wildman–Crippen MR) is 80.5 cm³/mol. The van der Waals surface area contributed by atoms with E-state index in [1.54, 1.807) is 0 Å². The molecule has 2 heteroatoms. The van der Waals surface area contributed by atoms with E-state index < -0.39 is 0 Å². The Labute approximate surface area is 117 Å². The fraction of sp³-hybridized carbons (Fsp3) is 0.647. The summed E-state index contributed by atoms with van der Waals surface area (Å²) in [7, 11) is 0. The molecule has 1 saturated carbocycles. The zero-order valence-electron chi connectivity index (χ0n) is 12.3. The van der Waals surface area contributed by atoms with Crippen molar-refractivity contribution in [2.45, 2.75) is 45.6 Å². The summed E-state index contributed by atoms with van der Waals surface area (Å²) in [5.74, 6) is 2.62. The molecule has 0 aromatic heterocycles. The van der Waals surface area contributed by atoms with Gasteiger partial charge in [-0.05, 0) is 43.4 Å². The lowest BCUT2D eigenvalue weighted by Crippen LogP contribution is -2.42. The van der Waals surface area contributed by atoms with E-state index in [9.17, 15) is 0 Å². The van der Waals surface area contributed by atoms with Gasteiger partial charge in [0.15, 0.2) is 0 Å². The van der Waals surface area contributed by atoms with Crippen molar-refractivity contribution in [3.8, 4) is 5.75 Å². The van der Waals surface area contributed by atoms with Gasteiger partial charge in [-0.1, -0.05) is 44.9 Å². The first-order valence-corrected chi connectivity index (χ1v) is 7.70. The molecule has 0 spiro atoms. The average Bonchev–Trinajstić information content (AvgIpc) is 2.44. The lowest BCUT2D eigenvalue weighted by Gasteiger charge is -2.33. The number of likely N-dealkylation sites (N-methyl/N-ethyl adjacent to an activating group) is 1. The van der Waals surface area contributed by atoms with Gasteiger partial charge in [-0.2, -0.15) is 0 Å². The van der Waals surface area contributed by atoms with E-state index in [0.717, 1.165) is 30.7 Å². The molecule has 0 bridgehead atoms. The summed E-state index contributed by atoms with van der Waals surface area (Å²) < 4.78 is 5.95.